The first-order valence-corrected chi connectivity index (χ1v) is 5.17. The van der Waals surface area contributed by atoms with Gasteiger partial charge in [0.1, 0.15) is 0 Å². The number of hydrogen-bond acceptors (Lipinski definition) is 3. The lowest BCUT2D eigenvalue weighted by Crippen LogP contribution is -2.43. The van der Waals surface area contributed by atoms with Crippen LogP contribution in [0.2, 0.25) is 0 Å². The number of nitrogens with one attached hydrogen (secondary N) is 2. The number of carbonyl (C=O) groups excluding carboxylic acids is 1. The topological polar surface area (TPSA) is 54.0 Å². The second kappa shape index (κ2) is 4.40. The van der Waals surface area contributed by atoms with Crippen molar-refractivity contribution in [3.63, 3.8) is 0 Å². The smallest absolute Gasteiger partial charge is 0.224 e. The largest absolute Gasteiger partial charge is 0.325 e. The minimum atomic E-state index is 0.0811. The van der Waals surface area contributed by atoms with Gasteiger partial charge in [-0.1, -0.05) is 0 Å². The molecule has 0 radical (unpaired) electrons. The third-order valence-electron chi connectivity index (χ3n) is 2.65. The van der Waals surface area contributed by atoms with E-state index in [0.717, 1.165) is 24.3 Å². The van der Waals surface area contributed by atoms with Crippen molar-refractivity contribution in [2.75, 3.05) is 18.4 Å². The highest BCUT2D eigenvalue weighted by molar-refractivity contribution is 5.91. The van der Waals surface area contributed by atoms with Crippen LogP contribution < -0.4 is 10.6 Å². The zero-order valence-corrected chi connectivity index (χ0v) is 8.79. The normalized spacial score (nSPS) is 15.8. The molecule has 15 heavy (non-hydrogen) atoms. The Balaban J connectivity index is 1.90. The first-order chi connectivity index (χ1) is 7.25. The summed E-state index contributed by atoms with van der Waals surface area (Å²) in [6, 6.07) is 1.89. The van der Waals surface area contributed by atoms with Gasteiger partial charge in [-0.25, -0.2) is 0 Å². The van der Waals surface area contributed by atoms with Crippen molar-refractivity contribution in [3.8, 4) is 0 Å². The van der Waals surface area contributed by atoms with Crippen molar-refractivity contribution in [1.29, 1.82) is 0 Å². The highest BCUT2D eigenvalue weighted by atomic mass is 16.1. The Hall–Kier alpha value is -1.42. The van der Waals surface area contributed by atoms with Crippen LogP contribution in [0.4, 0.5) is 5.69 Å². The molecule has 80 valence electrons. The summed E-state index contributed by atoms with van der Waals surface area (Å²) in [5.41, 5.74) is 1.86. The lowest BCUT2D eigenvalue weighted by molar-refractivity contribution is -0.117. The lowest BCUT2D eigenvalue weighted by Gasteiger charge is -2.26. The summed E-state index contributed by atoms with van der Waals surface area (Å²) in [5, 5.41) is 6.03. The standard InChI is InChI=1S/C11H15N3O/c1-8-2-3-12-7-10(8)14-11(15)4-9-5-13-6-9/h2-3,7,9,13H,4-6H2,1H3,(H,14,15). The number of rotatable bonds is 3. The van der Waals surface area contributed by atoms with Gasteiger partial charge in [0, 0.05) is 12.6 Å². The van der Waals surface area contributed by atoms with Crippen LogP contribution in [0.1, 0.15) is 12.0 Å². The van der Waals surface area contributed by atoms with Crippen LogP contribution in [-0.4, -0.2) is 24.0 Å². The van der Waals surface area contributed by atoms with E-state index in [-0.39, 0.29) is 5.91 Å². The minimum Gasteiger partial charge on any atom is -0.325 e. The summed E-state index contributed by atoms with van der Waals surface area (Å²) in [6.45, 7) is 3.88. The molecule has 2 rings (SSSR count). The second-order valence-corrected chi connectivity index (χ2v) is 3.97. The van der Waals surface area contributed by atoms with Gasteiger partial charge in [0.2, 0.25) is 5.91 Å². The first-order valence-electron chi connectivity index (χ1n) is 5.17. The molecule has 4 heteroatoms. The van der Waals surface area contributed by atoms with E-state index >= 15 is 0 Å². The van der Waals surface area contributed by atoms with E-state index in [0.29, 0.717) is 12.3 Å². The molecule has 1 fully saturated rings. The van der Waals surface area contributed by atoms with Crippen molar-refractivity contribution in [3.05, 3.63) is 24.0 Å². The Morgan fingerprint density at radius 3 is 3.07 bits per heavy atom. The molecule has 0 aromatic carbocycles. The first kappa shape index (κ1) is 10.1. The van der Waals surface area contributed by atoms with Crippen LogP contribution >= 0.6 is 0 Å². The number of hydrogen-bond donors (Lipinski definition) is 2. The molecule has 0 spiro atoms. The molecule has 0 unspecified atom stereocenters. The maximum Gasteiger partial charge on any atom is 0.224 e. The second-order valence-electron chi connectivity index (χ2n) is 3.97. The van der Waals surface area contributed by atoms with Gasteiger partial charge in [0.15, 0.2) is 0 Å². The number of nitrogens with zero attached hydrogens (tertiary/aromatic N) is 1. The van der Waals surface area contributed by atoms with Crippen LogP contribution in [0, 0.1) is 12.8 Å². The average molecular weight is 205 g/mol. The van der Waals surface area contributed by atoms with E-state index in [1.807, 2.05) is 13.0 Å². The molecule has 0 bridgehead atoms. The van der Waals surface area contributed by atoms with Crippen molar-refractivity contribution >= 4 is 11.6 Å². The number of anilines is 1. The van der Waals surface area contributed by atoms with Gasteiger partial charge in [-0.15, -0.1) is 0 Å². The van der Waals surface area contributed by atoms with E-state index in [4.69, 9.17) is 0 Å². The summed E-state index contributed by atoms with van der Waals surface area (Å²) >= 11 is 0. The van der Waals surface area contributed by atoms with E-state index in [1.165, 1.54) is 0 Å². The van der Waals surface area contributed by atoms with Crippen molar-refractivity contribution < 1.29 is 4.79 Å². The van der Waals surface area contributed by atoms with Gasteiger partial charge in [0.05, 0.1) is 11.9 Å². The van der Waals surface area contributed by atoms with Crippen molar-refractivity contribution in [2.45, 2.75) is 13.3 Å². The summed E-state index contributed by atoms with van der Waals surface area (Å²) in [7, 11) is 0. The molecular weight excluding hydrogens is 190 g/mol. The fourth-order valence-electron chi connectivity index (χ4n) is 1.55. The maximum atomic E-state index is 11.6. The van der Waals surface area contributed by atoms with Crippen LogP contribution in [0.3, 0.4) is 0 Å². The zero-order valence-electron chi connectivity index (χ0n) is 8.79. The Bertz CT molecular complexity index is 361. The molecule has 0 atom stereocenters. The van der Waals surface area contributed by atoms with Crippen molar-refractivity contribution in [1.82, 2.24) is 10.3 Å². The van der Waals surface area contributed by atoms with Crippen LogP contribution in [0.25, 0.3) is 0 Å². The fraction of sp³-hybridized carbons (Fsp3) is 0.455. The van der Waals surface area contributed by atoms with Gasteiger partial charge in [-0.05, 0) is 37.6 Å². The average Bonchev–Trinajstić information content (AvgIpc) is 2.16. The van der Waals surface area contributed by atoms with Gasteiger partial charge >= 0.3 is 0 Å². The Labute approximate surface area is 89.1 Å². The van der Waals surface area contributed by atoms with E-state index in [9.17, 15) is 4.79 Å². The van der Waals surface area contributed by atoms with Crippen molar-refractivity contribution in [2.24, 2.45) is 5.92 Å². The van der Waals surface area contributed by atoms with E-state index in [2.05, 4.69) is 15.6 Å². The van der Waals surface area contributed by atoms with Crippen LogP contribution in [0.15, 0.2) is 18.5 Å². The number of aryl methyl sites for hydroxylation is 1. The predicted octanol–water partition coefficient (Wildman–Crippen LogP) is 0.938. The van der Waals surface area contributed by atoms with Crippen LogP contribution in [0.5, 0.6) is 0 Å². The van der Waals surface area contributed by atoms with Gasteiger partial charge < -0.3 is 10.6 Å². The quantitative estimate of drug-likeness (QED) is 0.772. The zero-order chi connectivity index (χ0) is 10.7. The third kappa shape index (κ3) is 2.53. The number of aromatic nitrogens is 1. The molecule has 1 aromatic heterocycles. The fourth-order valence-corrected chi connectivity index (χ4v) is 1.55. The molecule has 1 aromatic rings. The Kier molecular flexibility index (Phi) is 2.97. The molecular formula is C11H15N3O. The highest BCUT2D eigenvalue weighted by Gasteiger charge is 2.20. The minimum absolute atomic E-state index is 0.0811. The summed E-state index contributed by atoms with van der Waals surface area (Å²) in [5.74, 6) is 0.583. The van der Waals surface area contributed by atoms with Gasteiger partial charge in [-0.2, -0.15) is 0 Å². The number of amides is 1. The lowest BCUT2D eigenvalue weighted by atomic mass is 9.99. The number of carbonyl (C=O) groups is 1. The Morgan fingerprint density at radius 2 is 2.47 bits per heavy atom. The van der Waals surface area contributed by atoms with E-state index < -0.39 is 0 Å². The molecule has 1 aliphatic heterocycles. The van der Waals surface area contributed by atoms with Gasteiger partial charge in [-0.3, -0.25) is 9.78 Å². The van der Waals surface area contributed by atoms with E-state index in [1.54, 1.807) is 12.4 Å². The third-order valence-corrected chi connectivity index (χ3v) is 2.65. The molecule has 4 nitrogen and oxygen atoms in total. The maximum absolute atomic E-state index is 11.6. The summed E-state index contributed by atoms with van der Waals surface area (Å²) in [6.07, 6.45) is 4.01. The number of pyridine rings is 1. The molecule has 1 saturated heterocycles. The molecule has 2 N–H and O–H groups in total. The summed E-state index contributed by atoms with van der Waals surface area (Å²) < 4.78 is 0. The Morgan fingerprint density at radius 1 is 1.67 bits per heavy atom. The van der Waals surface area contributed by atoms with Gasteiger partial charge in [0.25, 0.3) is 0 Å². The monoisotopic (exact) mass is 205 g/mol. The summed E-state index contributed by atoms with van der Waals surface area (Å²) in [4.78, 5) is 15.6. The van der Waals surface area contributed by atoms with Crippen LogP contribution in [-0.2, 0) is 4.79 Å². The SMILES string of the molecule is Cc1ccncc1NC(=O)CC1CNC1. The molecule has 0 saturated carbocycles. The highest BCUT2D eigenvalue weighted by Crippen LogP contribution is 2.14. The molecule has 1 aliphatic rings. The molecule has 0 aliphatic carbocycles. The predicted molar refractivity (Wildman–Crippen MR) is 58.6 cm³/mol. The molecule has 1 amide bonds. The molecule has 2 heterocycles.